The lowest BCUT2D eigenvalue weighted by Gasteiger charge is -2.34. The van der Waals surface area contributed by atoms with Crippen LogP contribution >= 0.6 is 0 Å². The molecule has 2 rings (SSSR count). The lowest BCUT2D eigenvalue weighted by Crippen LogP contribution is -2.52. The van der Waals surface area contributed by atoms with Gasteiger partial charge in [-0.2, -0.15) is 5.10 Å². The first kappa shape index (κ1) is 14.5. The number of nitrogens with zero attached hydrogens (tertiary/aromatic N) is 4. The van der Waals surface area contributed by atoms with Gasteiger partial charge in [0.05, 0.1) is 5.69 Å². The first-order valence-electron chi connectivity index (χ1n) is 7.14. The van der Waals surface area contributed by atoms with Crippen molar-refractivity contribution in [2.45, 2.75) is 24.9 Å². The van der Waals surface area contributed by atoms with Crippen molar-refractivity contribution in [1.29, 1.82) is 0 Å². The first-order valence-corrected chi connectivity index (χ1v) is 7.14. The Kier molecular flexibility index (Phi) is 4.96. The molecule has 0 radical (unpaired) electrons. The quantitative estimate of drug-likeness (QED) is 0.843. The molecule has 1 saturated heterocycles. The van der Waals surface area contributed by atoms with Crippen LogP contribution in [0.2, 0.25) is 0 Å². The van der Waals surface area contributed by atoms with E-state index in [2.05, 4.69) is 47.4 Å². The SMILES string of the molecule is CNC(Cc1ccn(C)n1)C1CN(C)CCCN1C. The van der Waals surface area contributed by atoms with Crippen LogP contribution in [0.4, 0.5) is 0 Å². The maximum Gasteiger partial charge on any atom is 0.0640 e. The van der Waals surface area contributed by atoms with Crippen molar-refractivity contribution >= 4 is 0 Å². The minimum Gasteiger partial charge on any atom is -0.315 e. The van der Waals surface area contributed by atoms with Gasteiger partial charge in [-0.25, -0.2) is 0 Å². The lowest BCUT2D eigenvalue weighted by molar-refractivity contribution is 0.180. The normalized spacial score (nSPS) is 24.3. The maximum atomic E-state index is 4.51. The molecular formula is C14H27N5. The molecule has 5 nitrogen and oxygen atoms in total. The fraction of sp³-hybridized carbons (Fsp3) is 0.786. The zero-order valence-corrected chi connectivity index (χ0v) is 12.6. The smallest absolute Gasteiger partial charge is 0.0640 e. The van der Waals surface area contributed by atoms with Crippen LogP contribution in [0.25, 0.3) is 0 Å². The summed E-state index contributed by atoms with van der Waals surface area (Å²) < 4.78 is 1.88. The van der Waals surface area contributed by atoms with Gasteiger partial charge in [0.15, 0.2) is 0 Å². The predicted molar refractivity (Wildman–Crippen MR) is 78.3 cm³/mol. The third kappa shape index (κ3) is 3.78. The fourth-order valence-corrected chi connectivity index (χ4v) is 2.97. The summed E-state index contributed by atoms with van der Waals surface area (Å²) in [6, 6.07) is 3.10. The van der Waals surface area contributed by atoms with Crippen molar-refractivity contribution in [2.75, 3.05) is 40.8 Å². The largest absolute Gasteiger partial charge is 0.315 e. The van der Waals surface area contributed by atoms with Gasteiger partial charge in [-0.15, -0.1) is 0 Å². The Bertz CT molecular complexity index is 389. The van der Waals surface area contributed by atoms with E-state index in [4.69, 9.17) is 0 Å². The monoisotopic (exact) mass is 265 g/mol. The van der Waals surface area contributed by atoms with Crippen molar-refractivity contribution in [2.24, 2.45) is 7.05 Å². The number of likely N-dealkylation sites (N-methyl/N-ethyl adjacent to an activating group) is 3. The van der Waals surface area contributed by atoms with Crippen molar-refractivity contribution in [1.82, 2.24) is 24.9 Å². The molecule has 0 spiro atoms. The van der Waals surface area contributed by atoms with E-state index in [9.17, 15) is 0 Å². The van der Waals surface area contributed by atoms with Gasteiger partial charge in [0.25, 0.3) is 0 Å². The molecule has 1 aliphatic heterocycles. The number of rotatable bonds is 4. The highest BCUT2D eigenvalue weighted by Crippen LogP contribution is 2.13. The molecule has 19 heavy (non-hydrogen) atoms. The summed E-state index contributed by atoms with van der Waals surface area (Å²) in [6.07, 6.45) is 4.26. The van der Waals surface area contributed by atoms with Crippen LogP contribution in [0.1, 0.15) is 12.1 Å². The van der Waals surface area contributed by atoms with Crippen LogP contribution in [-0.4, -0.2) is 72.4 Å². The van der Waals surface area contributed by atoms with E-state index in [1.54, 1.807) is 0 Å². The maximum absolute atomic E-state index is 4.51. The van der Waals surface area contributed by atoms with Gasteiger partial charge in [0.2, 0.25) is 0 Å². The summed E-state index contributed by atoms with van der Waals surface area (Å²) in [5, 5.41) is 8.00. The van der Waals surface area contributed by atoms with Crippen LogP contribution in [-0.2, 0) is 13.5 Å². The first-order chi connectivity index (χ1) is 9.10. The molecule has 5 heteroatoms. The zero-order chi connectivity index (χ0) is 13.8. The van der Waals surface area contributed by atoms with E-state index in [1.165, 1.54) is 25.2 Å². The summed E-state index contributed by atoms with van der Waals surface area (Å²) in [4.78, 5) is 4.94. The molecule has 0 saturated carbocycles. The molecule has 108 valence electrons. The Morgan fingerprint density at radius 2 is 2.16 bits per heavy atom. The molecule has 1 fully saturated rings. The van der Waals surface area contributed by atoms with Gasteiger partial charge in [0.1, 0.15) is 0 Å². The van der Waals surface area contributed by atoms with E-state index in [0.717, 1.165) is 13.0 Å². The summed E-state index contributed by atoms with van der Waals surface area (Å²) in [6.45, 7) is 3.49. The minimum absolute atomic E-state index is 0.445. The van der Waals surface area contributed by atoms with Crippen molar-refractivity contribution in [3.63, 3.8) is 0 Å². The molecular weight excluding hydrogens is 238 g/mol. The Morgan fingerprint density at radius 1 is 1.37 bits per heavy atom. The topological polar surface area (TPSA) is 36.3 Å². The Balaban J connectivity index is 2.06. The van der Waals surface area contributed by atoms with E-state index in [-0.39, 0.29) is 0 Å². The lowest BCUT2D eigenvalue weighted by atomic mass is 10.0. The second-order valence-electron chi connectivity index (χ2n) is 5.74. The van der Waals surface area contributed by atoms with Crippen molar-refractivity contribution < 1.29 is 0 Å². The third-order valence-electron chi connectivity index (χ3n) is 4.15. The van der Waals surface area contributed by atoms with Crippen molar-refractivity contribution in [3.8, 4) is 0 Å². The predicted octanol–water partition coefficient (Wildman–Crippen LogP) is 0.187. The average molecular weight is 265 g/mol. The minimum atomic E-state index is 0.445. The fourth-order valence-electron chi connectivity index (χ4n) is 2.97. The molecule has 0 amide bonds. The molecule has 1 aliphatic rings. The van der Waals surface area contributed by atoms with Crippen LogP contribution in [0, 0.1) is 0 Å². The number of aryl methyl sites for hydroxylation is 1. The number of hydrogen-bond donors (Lipinski definition) is 1. The molecule has 2 heterocycles. The standard InChI is InChI=1S/C14H27N5/c1-15-13(10-12-6-9-19(4)16-12)14-11-17(2)7-5-8-18(14)3/h6,9,13-15H,5,7-8,10-11H2,1-4H3. The molecule has 1 aromatic rings. The van der Waals surface area contributed by atoms with Gasteiger partial charge in [-0.3, -0.25) is 4.68 Å². The van der Waals surface area contributed by atoms with E-state index in [0.29, 0.717) is 12.1 Å². The van der Waals surface area contributed by atoms with Gasteiger partial charge < -0.3 is 15.1 Å². The van der Waals surface area contributed by atoms with Gasteiger partial charge >= 0.3 is 0 Å². The van der Waals surface area contributed by atoms with Crippen molar-refractivity contribution in [3.05, 3.63) is 18.0 Å². The molecule has 2 atom stereocenters. The van der Waals surface area contributed by atoms with Crippen LogP contribution in [0.5, 0.6) is 0 Å². The molecule has 1 N–H and O–H groups in total. The number of aromatic nitrogens is 2. The Hall–Kier alpha value is -0.910. The van der Waals surface area contributed by atoms with E-state index >= 15 is 0 Å². The van der Waals surface area contributed by atoms with Gasteiger partial charge in [-0.05, 0) is 46.7 Å². The molecule has 0 aliphatic carbocycles. The van der Waals surface area contributed by atoms with Crippen LogP contribution in [0.3, 0.4) is 0 Å². The molecule has 0 bridgehead atoms. The van der Waals surface area contributed by atoms with E-state index in [1.807, 2.05) is 17.9 Å². The number of nitrogens with one attached hydrogen (secondary N) is 1. The Labute approximate surface area is 116 Å². The molecule has 1 aromatic heterocycles. The second-order valence-corrected chi connectivity index (χ2v) is 5.74. The second kappa shape index (κ2) is 6.50. The third-order valence-corrected chi connectivity index (χ3v) is 4.15. The van der Waals surface area contributed by atoms with Gasteiger partial charge in [-0.1, -0.05) is 0 Å². The average Bonchev–Trinajstić information content (AvgIpc) is 2.70. The highest BCUT2D eigenvalue weighted by molar-refractivity contribution is 5.04. The summed E-state index contributed by atoms with van der Waals surface area (Å²) in [5.74, 6) is 0. The van der Waals surface area contributed by atoms with Gasteiger partial charge in [0, 0.05) is 38.3 Å². The molecule has 2 unspecified atom stereocenters. The highest BCUT2D eigenvalue weighted by atomic mass is 15.3. The highest BCUT2D eigenvalue weighted by Gasteiger charge is 2.28. The summed E-state index contributed by atoms with van der Waals surface area (Å²) in [7, 11) is 8.50. The Morgan fingerprint density at radius 3 is 2.79 bits per heavy atom. The summed E-state index contributed by atoms with van der Waals surface area (Å²) >= 11 is 0. The van der Waals surface area contributed by atoms with Crippen LogP contribution < -0.4 is 5.32 Å². The molecule has 0 aromatic carbocycles. The zero-order valence-electron chi connectivity index (χ0n) is 12.6. The summed E-state index contributed by atoms with van der Waals surface area (Å²) in [5.41, 5.74) is 1.17. The van der Waals surface area contributed by atoms with Crippen LogP contribution in [0.15, 0.2) is 12.3 Å². The number of hydrogen-bond acceptors (Lipinski definition) is 4. The van der Waals surface area contributed by atoms with E-state index < -0.39 is 0 Å².